The van der Waals surface area contributed by atoms with Gasteiger partial charge in [-0.2, -0.15) is 5.26 Å². The van der Waals surface area contributed by atoms with E-state index in [-0.39, 0.29) is 6.04 Å². The van der Waals surface area contributed by atoms with Gasteiger partial charge in [-0.1, -0.05) is 0 Å². The van der Waals surface area contributed by atoms with Gasteiger partial charge in [0.05, 0.1) is 12.5 Å². The highest BCUT2D eigenvalue weighted by atomic mass is 79.9. The molecule has 0 N–H and O–H groups in total. The molecule has 0 aliphatic carbocycles. The average molecular weight is 269 g/mol. The molecule has 1 unspecified atom stereocenters. The molecule has 80 valence electrons. The summed E-state index contributed by atoms with van der Waals surface area (Å²) >= 11 is 3.33. The van der Waals surface area contributed by atoms with Gasteiger partial charge in [-0.05, 0) is 29.8 Å². The maximum absolute atomic E-state index is 8.62. The average Bonchev–Trinajstić information content (AvgIpc) is 2.15. The molecule has 1 aromatic rings. The summed E-state index contributed by atoms with van der Waals surface area (Å²) in [4.78, 5) is 10.4. The maximum atomic E-state index is 8.62. The molecule has 1 aromatic heterocycles. The Balaban J connectivity index is 2.91. The molecule has 0 saturated heterocycles. The first-order chi connectivity index (χ1) is 7.04. The van der Waals surface area contributed by atoms with Crippen molar-refractivity contribution in [2.24, 2.45) is 0 Å². The van der Waals surface area contributed by atoms with E-state index >= 15 is 0 Å². The van der Waals surface area contributed by atoms with Crippen molar-refractivity contribution < 1.29 is 0 Å². The van der Waals surface area contributed by atoms with E-state index in [1.165, 1.54) is 0 Å². The molecule has 0 saturated carbocycles. The van der Waals surface area contributed by atoms with Gasteiger partial charge in [-0.25, -0.2) is 9.97 Å². The van der Waals surface area contributed by atoms with Crippen molar-refractivity contribution >= 4 is 21.7 Å². The van der Waals surface area contributed by atoms with Gasteiger partial charge >= 0.3 is 0 Å². The molecule has 1 atom stereocenters. The summed E-state index contributed by atoms with van der Waals surface area (Å²) in [6.07, 6.45) is 0.483. The molecule has 0 aliphatic heterocycles. The maximum Gasteiger partial charge on any atom is 0.133 e. The highest BCUT2D eigenvalue weighted by molar-refractivity contribution is 9.10. The van der Waals surface area contributed by atoms with Crippen molar-refractivity contribution in [2.75, 3.05) is 11.9 Å². The van der Waals surface area contributed by atoms with Gasteiger partial charge in [-0.3, -0.25) is 0 Å². The quantitative estimate of drug-likeness (QED) is 0.790. The summed E-state index contributed by atoms with van der Waals surface area (Å²) < 4.78 is 0.765. The molecule has 1 rings (SSSR count). The highest BCUT2D eigenvalue weighted by Gasteiger charge is 2.11. The number of hydrogen-bond acceptors (Lipinski definition) is 4. The first-order valence-corrected chi connectivity index (χ1v) is 5.45. The van der Waals surface area contributed by atoms with Crippen molar-refractivity contribution in [1.29, 1.82) is 5.26 Å². The smallest absolute Gasteiger partial charge is 0.133 e. The lowest BCUT2D eigenvalue weighted by molar-refractivity contribution is 0.690. The van der Waals surface area contributed by atoms with Crippen LogP contribution < -0.4 is 4.90 Å². The van der Waals surface area contributed by atoms with E-state index in [4.69, 9.17) is 5.26 Å². The van der Waals surface area contributed by atoms with Gasteiger partial charge in [0, 0.05) is 19.2 Å². The summed E-state index contributed by atoms with van der Waals surface area (Å²) in [7, 11) is 1.93. The minimum absolute atomic E-state index is 0.149. The summed E-state index contributed by atoms with van der Waals surface area (Å²) in [5.74, 6) is 1.55. The molecule has 0 aliphatic rings. The fourth-order valence-corrected chi connectivity index (χ4v) is 1.65. The van der Waals surface area contributed by atoms with Crippen LogP contribution in [0.2, 0.25) is 0 Å². The van der Waals surface area contributed by atoms with E-state index in [9.17, 15) is 0 Å². The van der Waals surface area contributed by atoms with Gasteiger partial charge < -0.3 is 4.90 Å². The Bertz CT molecular complexity index is 365. The Labute approximate surface area is 98.1 Å². The predicted octanol–water partition coefficient (Wildman–Crippen LogP) is 2.29. The lowest BCUT2D eigenvalue weighted by Gasteiger charge is -2.24. The lowest BCUT2D eigenvalue weighted by atomic mass is 10.2. The molecular weight excluding hydrogens is 256 g/mol. The normalized spacial score (nSPS) is 11.9. The SMILES string of the molecule is Cc1nc(Br)cc(N(C)C(C)CC#N)n1. The van der Waals surface area contributed by atoms with Crippen LogP contribution in [-0.2, 0) is 0 Å². The number of nitrogens with zero attached hydrogens (tertiary/aromatic N) is 4. The molecule has 0 amide bonds. The molecule has 5 heteroatoms. The third-order valence-electron chi connectivity index (χ3n) is 2.20. The Morgan fingerprint density at radius 1 is 1.60 bits per heavy atom. The lowest BCUT2D eigenvalue weighted by Crippen LogP contribution is -2.29. The number of hydrogen-bond donors (Lipinski definition) is 0. The van der Waals surface area contributed by atoms with E-state index in [0.717, 1.165) is 16.2 Å². The summed E-state index contributed by atoms with van der Waals surface area (Å²) in [6.45, 7) is 3.84. The topological polar surface area (TPSA) is 52.8 Å². The zero-order valence-electron chi connectivity index (χ0n) is 9.03. The second-order valence-corrected chi connectivity index (χ2v) is 4.23. The number of anilines is 1. The molecule has 0 spiro atoms. The summed E-state index contributed by atoms with van der Waals surface area (Å²) in [6, 6.07) is 4.15. The van der Waals surface area contributed by atoms with Gasteiger partial charge in [-0.15, -0.1) is 0 Å². The van der Waals surface area contributed by atoms with Crippen LogP contribution in [0.3, 0.4) is 0 Å². The first-order valence-electron chi connectivity index (χ1n) is 4.65. The largest absolute Gasteiger partial charge is 0.356 e. The van der Waals surface area contributed by atoms with Crippen molar-refractivity contribution in [3.05, 3.63) is 16.5 Å². The van der Waals surface area contributed by atoms with Crippen LogP contribution in [-0.4, -0.2) is 23.1 Å². The van der Waals surface area contributed by atoms with Crippen LogP contribution >= 0.6 is 15.9 Å². The molecular formula is C10H13BrN4. The number of aromatic nitrogens is 2. The number of nitriles is 1. The van der Waals surface area contributed by atoms with E-state index < -0.39 is 0 Å². The Morgan fingerprint density at radius 3 is 2.80 bits per heavy atom. The third kappa shape index (κ3) is 3.17. The minimum Gasteiger partial charge on any atom is -0.356 e. The van der Waals surface area contributed by atoms with E-state index in [0.29, 0.717) is 6.42 Å². The Morgan fingerprint density at radius 2 is 2.27 bits per heavy atom. The van der Waals surface area contributed by atoms with Crippen LogP contribution in [0.25, 0.3) is 0 Å². The zero-order chi connectivity index (χ0) is 11.4. The van der Waals surface area contributed by atoms with Crippen LogP contribution in [0.4, 0.5) is 5.82 Å². The zero-order valence-corrected chi connectivity index (χ0v) is 10.6. The van der Waals surface area contributed by atoms with Crippen LogP contribution in [0.15, 0.2) is 10.7 Å². The van der Waals surface area contributed by atoms with Crippen molar-refractivity contribution in [1.82, 2.24) is 9.97 Å². The predicted molar refractivity (Wildman–Crippen MR) is 62.6 cm³/mol. The molecule has 4 nitrogen and oxygen atoms in total. The summed E-state index contributed by atoms with van der Waals surface area (Å²) in [5, 5.41) is 8.62. The number of rotatable bonds is 3. The van der Waals surface area contributed by atoms with E-state index in [1.807, 2.05) is 31.9 Å². The molecule has 0 bridgehead atoms. The van der Waals surface area contributed by atoms with Crippen LogP contribution in [0.1, 0.15) is 19.2 Å². The second kappa shape index (κ2) is 5.08. The first kappa shape index (κ1) is 11.9. The second-order valence-electron chi connectivity index (χ2n) is 3.42. The highest BCUT2D eigenvalue weighted by Crippen LogP contribution is 2.17. The van der Waals surface area contributed by atoms with E-state index in [1.54, 1.807) is 0 Å². The van der Waals surface area contributed by atoms with Gasteiger partial charge in [0.25, 0.3) is 0 Å². The Hall–Kier alpha value is -1.15. The van der Waals surface area contributed by atoms with Gasteiger partial charge in [0.15, 0.2) is 0 Å². The number of aryl methyl sites for hydroxylation is 1. The molecule has 0 fully saturated rings. The van der Waals surface area contributed by atoms with E-state index in [2.05, 4.69) is 32.0 Å². The fraction of sp³-hybridized carbons (Fsp3) is 0.500. The fourth-order valence-electron chi connectivity index (χ4n) is 1.19. The summed E-state index contributed by atoms with van der Waals surface area (Å²) in [5.41, 5.74) is 0. The molecule has 0 radical (unpaired) electrons. The van der Waals surface area contributed by atoms with Crippen LogP contribution in [0, 0.1) is 18.3 Å². The monoisotopic (exact) mass is 268 g/mol. The number of halogens is 1. The molecule has 0 aromatic carbocycles. The van der Waals surface area contributed by atoms with Crippen molar-refractivity contribution in [3.8, 4) is 6.07 Å². The minimum atomic E-state index is 0.149. The standard InChI is InChI=1S/C10H13BrN4/c1-7(4-5-12)15(3)10-6-9(11)13-8(2)14-10/h6-7H,4H2,1-3H3. The van der Waals surface area contributed by atoms with Crippen molar-refractivity contribution in [2.45, 2.75) is 26.3 Å². The molecule has 15 heavy (non-hydrogen) atoms. The van der Waals surface area contributed by atoms with Crippen LogP contribution in [0.5, 0.6) is 0 Å². The third-order valence-corrected chi connectivity index (χ3v) is 2.61. The Kier molecular flexibility index (Phi) is 4.04. The van der Waals surface area contributed by atoms with Gasteiger partial charge in [0.2, 0.25) is 0 Å². The van der Waals surface area contributed by atoms with Gasteiger partial charge in [0.1, 0.15) is 16.2 Å². The van der Waals surface area contributed by atoms with Crippen molar-refractivity contribution in [3.63, 3.8) is 0 Å². The molecule has 1 heterocycles.